The van der Waals surface area contributed by atoms with Gasteiger partial charge in [0.2, 0.25) is 5.91 Å². The highest BCUT2D eigenvalue weighted by Crippen LogP contribution is 2.17. The van der Waals surface area contributed by atoms with Crippen LogP contribution < -0.4 is 5.32 Å². The summed E-state index contributed by atoms with van der Waals surface area (Å²) in [4.78, 5) is 11.1. The smallest absolute Gasteiger partial charge is 0.231 e. The molecule has 1 atom stereocenters. The summed E-state index contributed by atoms with van der Waals surface area (Å²) in [7, 11) is 0. The zero-order chi connectivity index (χ0) is 9.03. The van der Waals surface area contributed by atoms with E-state index in [0.717, 1.165) is 19.4 Å². The van der Waals surface area contributed by atoms with Crippen LogP contribution in [0.25, 0.3) is 0 Å². The first-order chi connectivity index (χ1) is 5.66. The Kier molecular flexibility index (Phi) is 3.53. The fourth-order valence-corrected chi connectivity index (χ4v) is 1.54. The second-order valence-electron chi connectivity index (χ2n) is 3.40. The summed E-state index contributed by atoms with van der Waals surface area (Å²) >= 11 is 3.11. The van der Waals surface area contributed by atoms with E-state index in [9.17, 15) is 4.79 Å². The van der Waals surface area contributed by atoms with Crippen LogP contribution in [-0.4, -0.2) is 30.0 Å². The van der Waals surface area contributed by atoms with Gasteiger partial charge in [-0.2, -0.15) is 0 Å². The highest BCUT2D eigenvalue weighted by molar-refractivity contribution is 9.09. The Morgan fingerprint density at radius 1 is 1.75 bits per heavy atom. The summed E-state index contributed by atoms with van der Waals surface area (Å²) < 4.78 is 5.30. The van der Waals surface area contributed by atoms with E-state index in [-0.39, 0.29) is 11.4 Å². The van der Waals surface area contributed by atoms with E-state index in [1.807, 2.05) is 6.92 Å². The number of hydrogen-bond acceptors (Lipinski definition) is 2. The number of ether oxygens (including phenoxy) is 1. The van der Waals surface area contributed by atoms with Crippen LogP contribution in [0.5, 0.6) is 0 Å². The molecule has 0 aromatic heterocycles. The van der Waals surface area contributed by atoms with Crippen molar-refractivity contribution < 1.29 is 9.53 Å². The normalized spacial score (nSPS) is 29.8. The van der Waals surface area contributed by atoms with E-state index in [2.05, 4.69) is 21.2 Å². The lowest BCUT2D eigenvalue weighted by Gasteiger charge is -2.34. The minimum Gasteiger partial charge on any atom is -0.379 e. The van der Waals surface area contributed by atoms with Crippen LogP contribution >= 0.6 is 15.9 Å². The van der Waals surface area contributed by atoms with Crippen molar-refractivity contribution in [3.05, 3.63) is 0 Å². The van der Waals surface area contributed by atoms with E-state index in [1.54, 1.807) is 0 Å². The molecular weight excluding hydrogens is 222 g/mol. The number of nitrogens with one attached hydrogen (secondary N) is 1. The van der Waals surface area contributed by atoms with Crippen molar-refractivity contribution in [1.29, 1.82) is 0 Å². The zero-order valence-electron chi connectivity index (χ0n) is 7.23. The Labute approximate surface area is 81.0 Å². The predicted molar refractivity (Wildman–Crippen MR) is 50.4 cm³/mol. The van der Waals surface area contributed by atoms with Crippen molar-refractivity contribution in [1.82, 2.24) is 5.32 Å². The molecule has 0 aromatic rings. The molecule has 12 heavy (non-hydrogen) atoms. The fraction of sp³-hybridized carbons (Fsp3) is 0.875. The summed E-state index contributed by atoms with van der Waals surface area (Å²) in [6, 6.07) is 0. The molecule has 1 amide bonds. The molecule has 3 nitrogen and oxygen atoms in total. The van der Waals surface area contributed by atoms with Crippen LogP contribution in [0.3, 0.4) is 0 Å². The highest BCUT2D eigenvalue weighted by Gasteiger charge is 2.28. The van der Waals surface area contributed by atoms with Crippen LogP contribution in [0, 0.1) is 0 Å². The molecule has 0 radical (unpaired) electrons. The molecule has 1 fully saturated rings. The Bertz CT molecular complexity index is 166. The maximum atomic E-state index is 11.1. The molecular formula is C8H14BrNO2. The third-order valence-electron chi connectivity index (χ3n) is 2.00. The van der Waals surface area contributed by atoms with Crippen LogP contribution in [0.2, 0.25) is 0 Å². The standard InChI is InChI=1S/C8H14BrNO2/c1-8(10-7(11)5-9)3-2-4-12-6-8/h2-6H2,1H3,(H,10,11). The quantitative estimate of drug-likeness (QED) is 0.728. The lowest BCUT2D eigenvalue weighted by Crippen LogP contribution is -2.51. The number of carbonyl (C=O) groups excluding carboxylic acids is 1. The summed E-state index contributed by atoms with van der Waals surface area (Å²) in [5, 5.41) is 3.30. The average Bonchev–Trinajstić information content (AvgIpc) is 2.05. The first kappa shape index (κ1) is 9.99. The molecule has 0 saturated carbocycles. The van der Waals surface area contributed by atoms with Crippen molar-refractivity contribution >= 4 is 21.8 Å². The molecule has 0 bridgehead atoms. The molecule has 1 saturated heterocycles. The van der Waals surface area contributed by atoms with Gasteiger partial charge in [-0.05, 0) is 19.8 Å². The van der Waals surface area contributed by atoms with Gasteiger partial charge in [0, 0.05) is 6.61 Å². The van der Waals surface area contributed by atoms with Gasteiger partial charge in [0.15, 0.2) is 0 Å². The largest absolute Gasteiger partial charge is 0.379 e. The van der Waals surface area contributed by atoms with Gasteiger partial charge in [0.05, 0.1) is 17.5 Å². The Morgan fingerprint density at radius 3 is 3.00 bits per heavy atom. The lowest BCUT2D eigenvalue weighted by atomic mass is 9.95. The number of rotatable bonds is 2. The number of alkyl halides is 1. The molecule has 1 N–H and O–H groups in total. The fourth-order valence-electron chi connectivity index (χ4n) is 1.40. The highest BCUT2D eigenvalue weighted by atomic mass is 79.9. The molecule has 1 unspecified atom stereocenters. The maximum absolute atomic E-state index is 11.1. The van der Waals surface area contributed by atoms with Crippen molar-refractivity contribution in [2.75, 3.05) is 18.5 Å². The summed E-state index contributed by atoms with van der Waals surface area (Å²) in [5.41, 5.74) is -0.150. The monoisotopic (exact) mass is 235 g/mol. The summed E-state index contributed by atoms with van der Waals surface area (Å²) in [6.07, 6.45) is 2.03. The van der Waals surface area contributed by atoms with E-state index in [4.69, 9.17) is 4.74 Å². The molecule has 1 aliphatic rings. The second-order valence-corrected chi connectivity index (χ2v) is 3.96. The van der Waals surface area contributed by atoms with Crippen molar-refractivity contribution in [2.45, 2.75) is 25.3 Å². The van der Waals surface area contributed by atoms with Gasteiger partial charge in [-0.1, -0.05) is 15.9 Å². The minimum atomic E-state index is -0.150. The van der Waals surface area contributed by atoms with Gasteiger partial charge in [-0.15, -0.1) is 0 Å². The molecule has 1 heterocycles. The second kappa shape index (κ2) is 4.23. The van der Waals surface area contributed by atoms with Gasteiger partial charge < -0.3 is 10.1 Å². The first-order valence-corrected chi connectivity index (χ1v) is 5.23. The van der Waals surface area contributed by atoms with Crippen LogP contribution in [0.15, 0.2) is 0 Å². The third kappa shape index (κ3) is 2.75. The van der Waals surface area contributed by atoms with Crippen LogP contribution in [0.1, 0.15) is 19.8 Å². The minimum absolute atomic E-state index is 0.0306. The maximum Gasteiger partial charge on any atom is 0.231 e. The van der Waals surface area contributed by atoms with Crippen molar-refractivity contribution in [3.8, 4) is 0 Å². The first-order valence-electron chi connectivity index (χ1n) is 4.11. The third-order valence-corrected chi connectivity index (χ3v) is 2.51. The molecule has 0 aromatic carbocycles. The average molecular weight is 236 g/mol. The molecule has 4 heteroatoms. The van der Waals surface area contributed by atoms with Gasteiger partial charge in [-0.25, -0.2) is 0 Å². The topological polar surface area (TPSA) is 38.3 Å². The summed E-state index contributed by atoms with van der Waals surface area (Å²) in [5.74, 6) is 0.0306. The Hall–Kier alpha value is -0.0900. The number of hydrogen-bond donors (Lipinski definition) is 1. The lowest BCUT2D eigenvalue weighted by molar-refractivity contribution is -0.121. The number of halogens is 1. The van der Waals surface area contributed by atoms with Crippen LogP contribution in [-0.2, 0) is 9.53 Å². The van der Waals surface area contributed by atoms with E-state index >= 15 is 0 Å². The SMILES string of the molecule is CC1(NC(=O)CBr)CCCOC1. The van der Waals surface area contributed by atoms with Gasteiger partial charge in [-0.3, -0.25) is 4.79 Å². The molecule has 70 valence electrons. The molecule has 1 aliphatic heterocycles. The number of amides is 1. The molecule has 0 spiro atoms. The van der Waals surface area contributed by atoms with Crippen molar-refractivity contribution in [3.63, 3.8) is 0 Å². The van der Waals surface area contributed by atoms with Crippen molar-refractivity contribution in [2.24, 2.45) is 0 Å². The van der Waals surface area contributed by atoms with Gasteiger partial charge in [0.25, 0.3) is 0 Å². The van der Waals surface area contributed by atoms with Gasteiger partial charge in [0.1, 0.15) is 0 Å². The van der Waals surface area contributed by atoms with Gasteiger partial charge >= 0.3 is 0 Å². The predicted octanol–water partition coefficient (Wildman–Crippen LogP) is 1.07. The Morgan fingerprint density at radius 2 is 2.50 bits per heavy atom. The number of carbonyl (C=O) groups is 1. The Balaban J connectivity index is 2.41. The van der Waals surface area contributed by atoms with E-state index in [0.29, 0.717) is 11.9 Å². The molecule has 0 aliphatic carbocycles. The van der Waals surface area contributed by atoms with Crippen LogP contribution in [0.4, 0.5) is 0 Å². The summed E-state index contributed by atoms with van der Waals surface area (Å²) in [6.45, 7) is 3.47. The zero-order valence-corrected chi connectivity index (χ0v) is 8.82. The van der Waals surface area contributed by atoms with E-state index < -0.39 is 0 Å². The van der Waals surface area contributed by atoms with E-state index in [1.165, 1.54) is 0 Å². The molecule has 1 rings (SSSR count).